The summed E-state index contributed by atoms with van der Waals surface area (Å²) in [6.45, 7) is 5.59. The van der Waals surface area contributed by atoms with Crippen molar-refractivity contribution in [3.05, 3.63) is 35.4 Å². The molecule has 0 unspecified atom stereocenters. The molecule has 2 saturated heterocycles. The third kappa shape index (κ3) is 3.66. The number of carbonyl (C=O) groups is 1. The van der Waals surface area contributed by atoms with E-state index < -0.39 is 0 Å². The number of hydrogen-bond acceptors (Lipinski definition) is 6. The SMILES string of the molecule is CCc1nn(C)cc1C(=O)N1CCO[C@H](c2ccnc(N3CCCC3)n2)C1. The summed E-state index contributed by atoms with van der Waals surface area (Å²) in [7, 11) is 1.85. The van der Waals surface area contributed by atoms with Crippen LogP contribution in [0.25, 0.3) is 0 Å². The zero-order chi connectivity index (χ0) is 18.8. The van der Waals surface area contributed by atoms with E-state index in [1.54, 1.807) is 10.9 Å². The van der Waals surface area contributed by atoms with E-state index in [9.17, 15) is 4.79 Å². The highest BCUT2D eigenvalue weighted by Crippen LogP contribution is 2.24. The quantitative estimate of drug-likeness (QED) is 0.813. The third-order valence-corrected chi connectivity index (χ3v) is 5.21. The molecule has 2 aromatic heterocycles. The molecule has 2 aromatic rings. The predicted octanol–water partition coefficient (Wildman–Crippen LogP) is 1.59. The molecule has 2 aliphatic heterocycles. The second-order valence-electron chi connectivity index (χ2n) is 7.10. The Labute approximate surface area is 159 Å². The molecule has 0 bridgehead atoms. The number of morpholine rings is 1. The van der Waals surface area contributed by atoms with E-state index in [1.807, 2.05) is 31.1 Å². The van der Waals surface area contributed by atoms with Gasteiger partial charge in [0, 0.05) is 39.1 Å². The number of aryl methyl sites for hydroxylation is 2. The van der Waals surface area contributed by atoms with Gasteiger partial charge in [0.15, 0.2) is 0 Å². The van der Waals surface area contributed by atoms with Crippen molar-refractivity contribution in [1.82, 2.24) is 24.6 Å². The standard InChI is InChI=1S/C19H26N6O2/c1-3-15-14(12-23(2)22-15)18(26)25-10-11-27-17(13-25)16-6-7-20-19(21-16)24-8-4-5-9-24/h6-7,12,17H,3-5,8-11,13H2,1-2H3/t17-/m0/s1. The fraction of sp³-hybridized carbons (Fsp3) is 0.579. The molecule has 8 nitrogen and oxygen atoms in total. The lowest BCUT2D eigenvalue weighted by Crippen LogP contribution is -2.42. The first-order chi connectivity index (χ1) is 13.2. The molecule has 4 rings (SSSR count). The van der Waals surface area contributed by atoms with Gasteiger partial charge in [0.1, 0.15) is 6.10 Å². The largest absolute Gasteiger partial charge is 0.368 e. The molecule has 2 fully saturated rings. The highest BCUT2D eigenvalue weighted by molar-refractivity contribution is 5.95. The Morgan fingerprint density at radius 3 is 2.89 bits per heavy atom. The van der Waals surface area contributed by atoms with Gasteiger partial charge in [0.25, 0.3) is 5.91 Å². The molecule has 0 N–H and O–H groups in total. The Morgan fingerprint density at radius 2 is 2.11 bits per heavy atom. The summed E-state index contributed by atoms with van der Waals surface area (Å²) in [4.78, 5) is 26.2. The van der Waals surface area contributed by atoms with Crippen molar-refractivity contribution in [3.63, 3.8) is 0 Å². The van der Waals surface area contributed by atoms with Gasteiger partial charge in [-0.25, -0.2) is 9.97 Å². The fourth-order valence-electron chi connectivity index (χ4n) is 3.77. The van der Waals surface area contributed by atoms with Crippen molar-refractivity contribution < 1.29 is 9.53 Å². The smallest absolute Gasteiger partial charge is 0.257 e. The summed E-state index contributed by atoms with van der Waals surface area (Å²) < 4.78 is 7.64. The van der Waals surface area contributed by atoms with Crippen LogP contribution < -0.4 is 4.90 Å². The van der Waals surface area contributed by atoms with Crippen LogP contribution in [0.3, 0.4) is 0 Å². The summed E-state index contributed by atoms with van der Waals surface area (Å²) >= 11 is 0. The molecule has 1 amide bonds. The first kappa shape index (κ1) is 17.9. The Kier molecular flexibility index (Phi) is 5.07. The minimum atomic E-state index is -0.228. The van der Waals surface area contributed by atoms with Gasteiger partial charge in [-0.1, -0.05) is 6.92 Å². The summed E-state index contributed by atoms with van der Waals surface area (Å²) in [5.74, 6) is 0.777. The number of ether oxygens (including phenoxy) is 1. The molecule has 1 atom stereocenters. The second-order valence-corrected chi connectivity index (χ2v) is 7.10. The number of nitrogens with zero attached hydrogens (tertiary/aromatic N) is 6. The lowest BCUT2D eigenvalue weighted by Gasteiger charge is -2.33. The maximum Gasteiger partial charge on any atom is 0.257 e. The van der Waals surface area contributed by atoms with Crippen LogP contribution >= 0.6 is 0 Å². The van der Waals surface area contributed by atoms with E-state index in [4.69, 9.17) is 9.72 Å². The average Bonchev–Trinajstić information content (AvgIpc) is 3.37. The molecular formula is C19H26N6O2. The van der Waals surface area contributed by atoms with Crippen molar-refractivity contribution in [2.75, 3.05) is 37.7 Å². The van der Waals surface area contributed by atoms with E-state index in [0.717, 1.165) is 36.8 Å². The van der Waals surface area contributed by atoms with Crippen molar-refractivity contribution in [1.29, 1.82) is 0 Å². The number of amides is 1. The lowest BCUT2D eigenvalue weighted by molar-refractivity contribution is -0.0247. The van der Waals surface area contributed by atoms with Gasteiger partial charge in [-0.15, -0.1) is 0 Å². The minimum absolute atomic E-state index is 0.0158. The molecular weight excluding hydrogens is 344 g/mol. The van der Waals surface area contributed by atoms with Crippen molar-refractivity contribution >= 4 is 11.9 Å². The number of anilines is 1. The summed E-state index contributed by atoms with van der Waals surface area (Å²) in [5, 5.41) is 4.39. The van der Waals surface area contributed by atoms with Gasteiger partial charge in [-0.3, -0.25) is 9.48 Å². The van der Waals surface area contributed by atoms with Crippen LogP contribution in [0.15, 0.2) is 18.5 Å². The van der Waals surface area contributed by atoms with Crippen LogP contribution in [0.5, 0.6) is 0 Å². The molecule has 0 saturated carbocycles. The Morgan fingerprint density at radius 1 is 1.30 bits per heavy atom. The minimum Gasteiger partial charge on any atom is -0.368 e. The number of aromatic nitrogens is 4. The van der Waals surface area contributed by atoms with Crippen LogP contribution in [0.1, 0.15) is 47.6 Å². The lowest BCUT2D eigenvalue weighted by atomic mass is 10.1. The van der Waals surface area contributed by atoms with Crippen LogP contribution in [0, 0.1) is 0 Å². The Balaban J connectivity index is 1.51. The van der Waals surface area contributed by atoms with E-state index in [0.29, 0.717) is 25.3 Å². The number of rotatable bonds is 4. The average molecular weight is 370 g/mol. The first-order valence-electron chi connectivity index (χ1n) is 9.67. The number of hydrogen-bond donors (Lipinski definition) is 0. The molecule has 0 aliphatic carbocycles. The van der Waals surface area contributed by atoms with Crippen LogP contribution in [-0.4, -0.2) is 63.3 Å². The molecule has 0 aromatic carbocycles. The van der Waals surface area contributed by atoms with Gasteiger partial charge in [-0.05, 0) is 25.3 Å². The summed E-state index contributed by atoms with van der Waals surface area (Å²) in [6.07, 6.45) is 6.47. The van der Waals surface area contributed by atoms with E-state index in [-0.39, 0.29) is 12.0 Å². The molecule has 0 radical (unpaired) electrons. The van der Waals surface area contributed by atoms with Gasteiger partial charge < -0.3 is 14.5 Å². The Hall–Kier alpha value is -2.48. The highest BCUT2D eigenvalue weighted by atomic mass is 16.5. The van der Waals surface area contributed by atoms with Crippen molar-refractivity contribution in [2.45, 2.75) is 32.3 Å². The number of carbonyl (C=O) groups excluding carboxylic acids is 1. The fourth-order valence-corrected chi connectivity index (χ4v) is 3.77. The van der Waals surface area contributed by atoms with Gasteiger partial charge in [0.05, 0.1) is 30.1 Å². The Bertz CT molecular complexity index is 814. The zero-order valence-electron chi connectivity index (χ0n) is 16.0. The molecule has 4 heterocycles. The summed E-state index contributed by atoms with van der Waals surface area (Å²) in [6, 6.07) is 1.89. The zero-order valence-corrected chi connectivity index (χ0v) is 16.0. The monoisotopic (exact) mass is 370 g/mol. The van der Waals surface area contributed by atoms with Crippen molar-refractivity contribution in [2.24, 2.45) is 7.05 Å². The first-order valence-corrected chi connectivity index (χ1v) is 9.67. The van der Waals surface area contributed by atoms with Gasteiger partial charge in [0.2, 0.25) is 5.95 Å². The summed E-state index contributed by atoms with van der Waals surface area (Å²) in [5.41, 5.74) is 2.36. The topological polar surface area (TPSA) is 76.4 Å². The van der Waals surface area contributed by atoms with Crippen LogP contribution in [0.4, 0.5) is 5.95 Å². The van der Waals surface area contributed by atoms with Crippen LogP contribution in [-0.2, 0) is 18.2 Å². The molecule has 8 heteroatoms. The van der Waals surface area contributed by atoms with Crippen LogP contribution in [0.2, 0.25) is 0 Å². The van der Waals surface area contributed by atoms with Gasteiger partial charge >= 0.3 is 0 Å². The normalized spacial score (nSPS) is 20.3. The maximum absolute atomic E-state index is 13.0. The molecule has 0 spiro atoms. The van der Waals surface area contributed by atoms with E-state index >= 15 is 0 Å². The van der Waals surface area contributed by atoms with E-state index in [1.165, 1.54) is 12.8 Å². The maximum atomic E-state index is 13.0. The molecule has 27 heavy (non-hydrogen) atoms. The predicted molar refractivity (Wildman–Crippen MR) is 101 cm³/mol. The van der Waals surface area contributed by atoms with Crippen molar-refractivity contribution in [3.8, 4) is 0 Å². The highest BCUT2D eigenvalue weighted by Gasteiger charge is 2.29. The second kappa shape index (κ2) is 7.64. The molecule has 2 aliphatic rings. The third-order valence-electron chi connectivity index (χ3n) is 5.21. The molecule has 144 valence electrons. The van der Waals surface area contributed by atoms with E-state index in [2.05, 4.69) is 15.0 Å². The van der Waals surface area contributed by atoms with Gasteiger partial charge in [-0.2, -0.15) is 5.10 Å².